The van der Waals surface area contributed by atoms with Gasteiger partial charge in [-0.25, -0.2) is 0 Å². The van der Waals surface area contributed by atoms with Crippen LogP contribution in [0.4, 0.5) is 5.69 Å². The summed E-state index contributed by atoms with van der Waals surface area (Å²) in [6.45, 7) is 0.661. The van der Waals surface area contributed by atoms with Gasteiger partial charge in [-0.3, -0.25) is 10.1 Å². The Morgan fingerprint density at radius 2 is 1.93 bits per heavy atom. The van der Waals surface area contributed by atoms with Crippen molar-refractivity contribution in [3.63, 3.8) is 0 Å². The third-order valence-corrected chi connectivity index (χ3v) is 2.15. The van der Waals surface area contributed by atoms with Crippen molar-refractivity contribution in [3.8, 4) is 0 Å². The van der Waals surface area contributed by atoms with Gasteiger partial charge >= 0.3 is 0 Å². The Kier molecular flexibility index (Phi) is 2.49. The van der Waals surface area contributed by atoms with Crippen molar-refractivity contribution in [3.05, 3.63) is 64.5 Å². The van der Waals surface area contributed by atoms with E-state index in [-0.39, 0.29) is 10.6 Å². The Labute approximate surface area is 86.9 Å². The fourth-order valence-corrected chi connectivity index (χ4v) is 1.43. The van der Waals surface area contributed by atoms with Crippen LogP contribution >= 0.6 is 0 Å². The van der Waals surface area contributed by atoms with Crippen LogP contribution in [0, 0.1) is 10.1 Å². The van der Waals surface area contributed by atoms with Gasteiger partial charge in [0.1, 0.15) is 0 Å². The van der Waals surface area contributed by atoms with Crippen molar-refractivity contribution >= 4 is 5.69 Å². The molecule has 76 valence electrons. The number of benzene rings is 1. The second-order valence-corrected chi connectivity index (χ2v) is 3.28. The Balaban J connectivity index is 2.15. The summed E-state index contributed by atoms with van der Waals surface area (Å²) in [7, 11) is 0. The molecule has 1 aromatic carbocycles. The molecule has 1 heterocycles. The SMILES string of the molecule is O=[N+]([O-])c1ccn(Cc2ccccc2)c1. The van der Waals surface area contributed by atoms with Crippen molar-refractivity contribution in [2.24, 2.45) is 0 Å². The third kappa shape index (κ3) is 2.22. The van der Waals surface area contributed by atoms with E-state index in [9.17, 15) is 10.1 Å². The number of aromatic nitrogens is 1. The molecule has 0 radical (unpaired) electrons. The van der Waals surface area contributed by atoms with Crippen molar-refractivity contribution in [1.29, 1.82) is 0 Å². The molecule has 0 saturated carbocycles. The molecule has 1 aromatic heterocycles. The molecular formula is C11H10N2O2. The van der Waals surface area contributed by atoms with Gasteiger partial charge in [0, 0.05) is 18.8 Å². The van der Waals surface area contributed by atoms with E-state index in [2.05, 4.69) is 0 Å². The van der Waals surface area contributed by atoms with Crippen LogP contribution in [0.15, 0.2) is 48.8 Å². The predicted octanol–water partition coefficient (Wildman–Crippen LogP) is 2.44. The van der Waals surface area contributed by atoms with Crippen LogP contribution < -0.4 is 0 Å². The molecular weight excluding hydrogens is 192 g/mol. The predicted molar refractivity (Wildman–Crippen MR) is 56.6 cm³/mol. The first-order chi connectivity index (χ1) is 7.25. The average Bonchev–Trinajstić information content (AvgIpc) is 2.68. The third-order valence-electron chi connectivity index (χ3n) is 2.15. The highest BCUT2D eigenvalue weighted by Crippen LogP contribution is 2.12. The molecule has 2 aromatic rings. The van der Waals surface area contributed by atoms with E-state index in [1.54, 1.807) is 10.8 Å². The van der Waals surface area contributed by atoms with E-state index in [4.69, 9.17) is 0 Å². The van der Waals surface area contributed by atoms with Gasteiger partial charge in [0.05, 0.1) is 11.1 Å². The molecule has 0 unspecified atom stereocenters. The summed E-state index contributed by atoms with van der Waals surface area (Å²) in [4.78, 5) is 10.1. The molecule has 0 aliphatic carbocycles. The highest BCUT2D eigenvalue weighted by Gasteiger charge is 2.06. The fourth-order valence-electron chi connectivity index (χ4n) is 1.43. The number of rotatable bonds is 3. The Bertz CT molecular complexity index is 462. The molecule has 0 aliphatic rings. The molecule has 0 spiro atoms. The molecule has 4 nitrogen and oxygen atoms in total. The summed E-state index contributed by atoms with van der Waals surface area (Å²) in [5, 5.41) is 10.5. The fraction of sp³-hybridized carbons (Fsp3) is 0.0909. The molecule has 0 atom stereocenters. The maximum atomic E-state index is 10.5. The quantitative estimate of drug-likeness (QED) is 0.567. The topological polar surface area (TPSA) is 48.1 Å². The van der Waals surface area contributed by atoms with E-state index in [0.29, 0.717) is 6.54 Å². The maximum absolute atomic E-state index is 10.5. The molecule has 0 saturated heterocycles. The van der Waals surface area contributed by atoms with Crippen molar-refractivity contribution in [2.75, 3.05) is 0 Å². The lowest BCUT2D eigenvalue weighted by Gasteiger charge is -2.01. The second-order valence-electron chi connectivity index (χ2n) is 3.28. The molecule has 15 heavy (non-hydrogen) atoms. The summed E-state index contributed by atoms with van der Waals surface area (Å²) < 4.78 is 1.80. The zero-order valence-corrected chi connectivity index (χ0v) is 8.04. The van der Waals surface area contributed by atoms with Crippen LogP contribution in [0.25, 0.3) is 0 Å². The Morgan fingerprint density at radius 3 is 2.53 bits per heavy atom. The number of nitrogens with zero attached hydrogens (tertiary/aromatic N) is 2. The zero-order chi connectivity index (χ0) is 10.7. The number of hydrogen-bond donors (Lipinski definition) is 0. The van der Waals surface area contributed by atoms with Crippen LogP contribution in [-0.4, -0.2) is 9.49 Å². The first kappa shape index (κ1) is 9.45. The van der Waals surface area contributed by atoms with Gasteiger partial charge in [-0.15, -0.1) is 0 Å². The highest BCUT2D eigenvalue weighted by atomic mass is 16.6. The van der Waals surface area contributed by atoms with Gasteiger partial charge < -0.3 is 4.57 Å². The normalized spacial score (nSPS) is 10.1. The lowest BCUT2D eigenvalue weighted by Crippen LogP contribution is -1.95. The summed E-state index contributed by atoms with van der Waals surface area (Å²) in [5.41, 5.74) is 1.26. The first-order valence-corrected chi connectivity index (χ1v) is 4.60. The highest BCUT2D eigenvalue weighted by molar-refractivity contribution is 5.27. The molecule has 0 amide bonds. The van der Waals surface area contributed by atoms with Gasteiger partial charge in [0.15, 0.2) is 0 Å². The van der Waals surface area contributed by atoms with Gasteiger partial charge in [-0.2, -0.15) is 0 Å². The van der Waals surface area contributed by atoms with E-state index in [0.717, 1.165) is 5.56 Å². The van der Waals surface area contributed by atoms with Crippen LogP contribution in [0.3, 0.4) is 0 Å². The van der Waals surface area contributed by atoms with Gasteiger partial charge in [-0.05, 0) is 5.56 Å². The number of nitro groups is 1. The van der Waals surface area contributed by atoms with Crippen LogP contribution in [0.5, 0.6) is 0 Å². The molecule has 0 bridgehead atoms. The summed E-state index contributed by atoms with van der Waals surface area (Å²) in [6.07, 6.45) is 3.25. The van der Waals surface area contributed by atoms with E-state index < -0.39 is 0 Å². The van der Waals surface area contributed by atoms with E-state index >= 15 is 0 Å². The minimum absolute atomic E-state index is 0.130. The lowest BCUT2D eigenvalue weighted by atomic mass is 10.2. The lowest BCUT2D eigenvalue weighted by molar-refractivity contribution is -0.384. The molecule has 4 heteroatoms. The van der Waals surface area contributed by atoms with E-state index in [1.807, 2.05) is 30.3 Å². The minimum Gasteiger partial charge on any atom is -0.344 e. The average molecular weight is 202 g/mol. The molecule has 2 rings (SSSR count). The van der Waals surface area contributed by atoms with Crippen LogP contribution in [0.2, 0.25) is 0 Å². The monoisotopic (exact) mass is 202 g/mol. The zero-order valence-electron chi connectivity index (χ0n) is 8.04. The first-order valence-electron chi connectivity index (χ1n) is 4.60. The van der Waals surface area contributed by atoms with Crippen molar-refractivity contribution in [2.45, 2.75) is 6.54 Å². The summed E-state index contributed by atoms with van der Waals surface area (Å²) >= 11 is 0. The smallest absolute Gasteiger partial charge is 0.286 e. The van der Waals surface area contributed by atoms with Crippen molar-refractivity contribution in [1.82, 2.24) is 4.57 Å². The Hall–Kier alpha value is -2.10. The minimum atomic E-state index is -0.387. The van der Waals surface area contributed by atoms with E-state index in [1.165, 1.54) is 12.3 Å². The van der Waals surface area contributed by atoms with Crippen LogP contribution in [0.1, 0.15) is 5.56 Å². The van der Waals surface area contributed by atoms with Gasteiger partial charge in [0.25, 0.3) is 5.69 Å². The van der Waals surface area contributed by atoms with Gasteiger partial charge in [-0.1, -0.05) is 30.3 Å². The van der Waals surface area contributed by atoms with Crippen LogP contribution in [-0.2, 0) is 6.54 Å². The summed E-state index contributed by atoms with van der Waals surface area (Å²) in [5.74, 6) is 0. The summed E-state index contributed by atoms with van der Waals surface area (Å²) in [6, 6.07) is 11.3. The standard InChI is InChI=1S/C11H10N2O2/c14-13(15)11-6-7-12(9-11)8-10-4-2-1-3-5-10/h1-7,9H,8H2. The largest absolute Gasteiger partial charge is 0.344 e. The molecule has 0 N–H and O–H groups in total. The molecule has 0 fully saturated rings. The second kappa shape index (κ2) is 3.96. The van der Waals surface area contributed by atoms with Gasteiger partial charge in [0.2, 0.25) is 0 Å². The Morgan fingerprint density at radius 1 is 1.20 bits per heavy atom. The number of hydrogen-bond acceptors (Lipinski definition) is 2. The van der Waals surface area contributed by atoms with Crippen molar-refractivity contribution < 1.29 is 4.92 Å². The maximum Gasteiger partial charge on any atom is 0.286 e. The molecule has 0 aliphatic heterocycles.